The first kappa shape index (κ1) is 7.28. The van der Waals surface area contributed by atoms with Crippen molar-refractivity contribution in [1.29, 1.82) is 0 Å². The zero-order valence-corrected chi connectivity index (χ0v) is 6.40. The van der Waals surface area contributed by atoms with Crippen LogP contribution in [0, 0.1) is 5.95 Å². The zero-order chi connectivity index (χ0) is 8.39. The van der Waals surface area contributed by atoms with Crippen LogP contribution >= 0.6 is 0 Å². The Morgan fingerprint density at radius 2 is 2.50 bits per heavy atom. The van der Waals surface area contributed by atoms with Gasteiger partial charge >= 0.3 is 0 Å². The lowest BCUT2D eigenvalue weighted by Crippen LogP contribution is -2.01. The van der Waals surface area contributed by atoms with E-state index in [9.17, 15) is 4.39 Å². The number of ether oxygens (including phenoxy) is 1. The van der Waals surface area contributed by atoms with E-state index in [1.807, 2.05) is 6.08 Å². The maximum atomic E-state index is 13.0. The minimum atomic E-state index is -0.405. The number of rotatable bonds is 1. The monoisotopic (exact) mass is 165 g/mol. The Labute approximate surface area is 69.7 Å². The van der Waals surface area contributed by atoms with Gasteiger partial charge in [-0.15, -0.1) is 0 Å². The molecule has 0 saturated carbocycles. The van der Waals surface area contributed by atoms with Crippen molar-refractivity contribution < 1.29 is 9.13 Å². The van der Waals surface area contributed by atoms with E-state index >= 15 is 0 Å². The maximum absolute atomic E-state index is 13.0. The molecule has 0 bridgehead atoms. The summed E-state index contributed by atoms with van der Waals surface area (Å²) in [6.45, 7) is 0.516. The molecule has 1 unspecified atom stereocenters. The van der Waals surface area contributed by atoms with Crippen LogP contribution in [0.5, 0.6) is 0 Å². The third kappa shape index (κ3) is 1.18. The van der Waals surface area contributed by atoms with Crippen molar-refractivity contribution in [2.75, 3.05) is 6.61 Å². The van der Waals surface area contributed by atoms with Gasteiger partial charge < -0.3 is 4.74 Å². The van der Waals surface area contributed by atoms with Crippen LogP contribution in [0.2, 0.25) is 0 Å². The highest BCUT2D eigenvalue weighted by atomic mass is 19.1. The minimum Gasteiger partial charge on any atom is -0.501 e. The molecule has 1 atom stereocenters. The van der Waals surface area contributed by atoms with Crippen LogP contribution in [0.1, 0.15) is 11.5 Å². The smallest absolute Gasteiger partial charge is 0.216 e. The summed E-state index contributed by atoms with van der Waals surface area (Å²) in [6, 6.07) is 3.45. The van der Waals surface area contributed by atoms with Gasteiger partial charge in [0.05, 0.1) is 12.9 Å². The summed E-state index contributed by atoms with van der Waals surface area (Å²) in [4.78, 5) is 3.57. The van der Waals surface area contributed by atoms with Gasteiger partial charge in [-0.25, -0.2) is 4.98 Å². The Bertz CT molecular complexity index is 311. The van der Waals surface area contributed by atoms with Crippen molar-refractivity contribution in [2.45, 2.75) is 5.92 Å². The molecular formula is C9H8FNO. The second-order valence-electron chi connectivity index (χ2n) is 2.65. The molecule has 1 aliphatic heterocycles. The summed E-state index contributed by atoms with van der Waals surface area (Å²) in [6.07, 6.45) is 4.87. The van der Waals surface area contributed by atoms with E-state index in [1.54, 1.807) is 18.4 Å². The maximum Gasteiger partial charge on any atom is 0.216 e. The molecule has 1 aromatic rings. The van der Waals surface area contributed by atoms with Crippen LogP contribution < -0.4 is 0 Å². The number of hydrogen-bond acceptors (Lipinski definition) is 2. The van der Waals surface area contributed by atoms with Crippen LogP contribution in [0.25, 0.3) is 0 Å². The molecule has 0 aromatic carbocycles. The fraction of sp³-hybridized carbons (Fsp3) is 0.222. The van der Waals surface area contributed by atoms with Gasteiger partial charge in [-0.2, -0.15) is 4.39 Å². The van der Waals surface area contributed by atoms with Crippen LogP contribution in [-0.2, 0) is 4.74 Å². The van der Waals surface area contributed by atoms with Crippen LogP contribution in [0.15, 0.2) is 30.7 Å². The molecule has 0 amide bonds. The van der Waals surface area contributed by atoms with Gasteiger partial charge in [-0.3, -0.25) is 0 Å². The van der Waals surface area contributed by atoms with Crippen molar-refractivity contribution in [1.82, 2.24) is 4.98 Å². The van der Waals surface area contributed by atoms with Crippen LogP contribution in [-0.4, -0.2) is 11.6 Å². The molecule has 3 heteroatoms. The topological polar surface area (TPSA) is 22.1 Å². The van der Waals surface area contributed by atoms with Gasteiger partial charge in [-0.05, 0) is 12.1 Å². The summed E-state index contributed by atoms with van der Waals surface area (Å²) in [7, 11) is 0. The predicted octanol–water partition coefficient (Wildman–Crippen LogP) is 1.85. The van der Waals surface area contributed by atoms with Crippen molar-refractivity contribution in [3.63, 3.8) is 0 Å². The Morgan fingerprint density at radius 3 is 3.17 bits per heavy atom. The van der Waals surface area contributed by atoms with E-state index in [-0.39, 0.29) is 5.92 Å². The molecule has 62 valence electrons. The Hall–Kier alpha value is -1.38. The molecule has 12 heavy (non-hydrogen) atoms. The molecule has 0 N–H and O–H groups in total. The van der Waals surface area contributed by atoms with Gasteiger partial charge in [0.25, 0.3) is 0 Å². The summed E-state index contributed by atoms with van der Waals surface area (Å²) in [5.74, 6) is -0.378. The number of halogens is 1. The van der Waals surface area contributed by atoms with E-state index in [4.69, 9.17) is 4.74 Å². The Balaban J connectivity index is 2.33. The lowest BCUT2D eigenvalue weighted by molar-refractivity contribution is 0.268. The van der Waals surface area contributed by atoms with Crippen LogP contribution in [0.4, 0.5) is 4.39 Å². The molecular weight excluding hydrogens is 157 g/mol. The first-order valence-corrected chi connectivity index (χ1v) is 3.76. The predicted molar refractivity (Wildman–Crippen MR) is 42.0 cm³/mol. The molecule has 2 rings (SSSR count). The molecule has 1 aliphatic rings. The number of aromatic nitrogens is 1. The van der Waals surface area contributed by atoms with E-state index < -0.39 is 5.95 Å². The van der Waals surface area contributed by atoms with Crippen molar-refractivity contribution in [3.8, 4) is 0 Å². The molecule has 0 aliphatic carbocycles. The first-order valence-electron chi connectivity index (χ1n) is 3.76. The van der Waals surface area contributed by atoms with Gasteiger partial charge in [0, 0.05) is 17.7 Å². The second-order valence-corrected chi connectivity index (χ2v) is 2.65. The Morgan fingerprint density at radius 1 is 1.58 bits per heavy atom. The molecule has 0 spiro atoms. The highest BCUT2D eigenvalue weighted by Gasteiger charge is 2.16. The van der Waals surface area contributed by atoms with E-state index in [2.05, 4.69) is 4.98 Å². The highest BCUT2D eigenvalue weighted by molar-refractivity contribution is 5.22. The fourth-order valence-electron chi connectivity index (χ4n) is 1.23. The van der Waals surface area contributed by atoms with Gasteiger partial charge in [0.15, 0.2) is 0 Å². The zero-order valence-electron chi connectivity index (χ0n) is 6.40. The third-order valence-corrected chi connectivity index (χ3v) is 1.87. The second kappa shape index (κ2) is 2.93. The number of hydrogen-bond donors (Lipinski definition) is 0. The van der Waals surface area contributed by atoms with Crippen molar-refractivity contribution >= 4 is 0 Å². The van der Waals surface area contributed by atoms with E-state index in [0.717, 1.165) is 0 Å². The molecule has 0 saturated heterocycles. The summed E-state index contributed by atoms with van der Waals surface area (Å²) in [5, 5.41) is 0. The van der Waals surface area contributed by atoms with Gasteiger partial charge in [-0.1, -0.05) is 6.07 Å². The minimum absolute atomic E-state index is 0.0266. The third-order valence-electron chi connectivity index (χ3n) is 1.87. The number of pyridine rings is 1. The summed E-state index contributed by atoms with van der Waals surface area (Å²) in [5.41, 5.74) is 0.603. The van der Waals surface area contributed by atoms with Crippen LogP contribution in [0.3, 0.4) is 0 Å². The van der Waals surface area contributed by atoms with Gasteiger partial charge in [0.1, 0.15) is 0 Å². The van der Waals surface area contributed by atoms with Crippen molar-refractivity contribution in [2.24, 2.45) is 0 Å². The lowest BCUT2D eigenvalue weighted by Gasteiger charge is -2.05. The molecule has 0 radical (unpaired) electrons. The molecule has 2 heterocycles. The average Bonchev–Trinajstić information content (AvgIpc) is 2.57. The van der Waals surface area contributed by atoms with Crippen molar-refractivity contribution in [3.05, 3.63) is 42.2 Å². The van der Waals surface area contributed by atoms with E-state index in [1.165, 1.54) is 6.20 Å². The first-order chi connectivity index (χ1) is 5.88. The normalized spacial score (nSPS) is 20.9. The highest BCUT2D eigenvalue weighted by Crippen LogP contribution is 2.23. The molecule has 1 aromatic heterocycles. The number of nitrogens with zero attached hydrogens (tertiary/aromatic N) is 1. The summed E-state index contributed by atoms with van der Waals surface area (Å²) < 4.78 is 18.0. The average molecular weight is 165 g/mol. The standard InChI is InChI=1S/C9H8FNO/c10-9-8(2-1-4-11-9)7-3-5-12-6-7/h1-5,7H,6H2. The molecule has 2 nitrogen and oxygen atoms in total. The summed E-state index contributed by atoms with van der Waals surface area (Å²) >= 11 is 0. The quantitative estimate of drug-likeness (QED) is 0.592. The lowest BCUT2D eigenvalue weighted by atomic mass is 10.0. The fourth-order valence-corrected chi connectivity index (χ4v) is 1.23. The largest absolute Gasteiger partial charge is 0.501 e. The van der Waals surface area contributed by atoms with Gasteiger partial charge in [0.2, 0.25) is 5.95 Å². The SMILES string of the molecule is Fc1ncccc1C1C=COC1. The Kier molecular flexibility index (Phi) is 1.78. The molecule has 0 fully saturated rings. The van der Waals surface area contributed by atoms with E-state index in [0.29, 0.717) is 12.2 Å².